The molecule has 0 saturated carbocycles. The minimum atomic E-state index is -1.15. The van der Waals surface area contributed by atoms with Crippen molar-refractivity contribution < 1.29 is 19.6 Å². The highest BCUT2D eigenvalue weighted by atomic mass is 16.6. The van der Waals surface area contributed by atoms with Crippen molar-refractivity contribution in [1.29, 1.82) is 0 Å². The molecule has 32 heavy (non-hydrogen) atoms. The molecule has 1 heterocycles. The van der Waals surface area contributed by atoms with Crippen LogP contribution in [0.15, 0.2) is 54.7 Å². The van der Waals surface area contributed by atoms with Crippen molar-refractivity contribution in [2.24, 2.45) is 5.41 Å². The number of pyridine rings is 1. The Labute approximate surface area is 185 Å². The smallest absolute Gasteiger partial charge is 0.404 e. The summed E-state index contributed by atoms with van der Waals surface area (Å²) in [5, 5.41) is 26.9. The third kappa shape index (κ3) is 5.63. The average Bonchev–Trinajstić information content (AvgIpc) is 2.74. The normalized spacial score (nSPS) is 12.2. The van der Waals surface area contributed by atoms with Gasteiger partial charge in [0.05, 0.1) is 16.5 Å². The lowest BCUT2D eigenvalue weighted by Gasteiger charge is -2.31. The summed E-state index contributed by atoms with van der Waals surface area (Å²) in [6, 6.07) is 14.4. The molecule has 3 N–H and O–H groups in total. The van der Waals surface area contributed by atoms with Gasteiger partial charge in [0, 0.05) is 18.0 Å². The summed E-state index contributed by atoms with van der Waals surface area (Å²) in [5.74, 6) is 0.591. The molecule has 2 aromatic carbocycles. The molecule has 1 amide bonds. The number of amides is 1. The van der Waals surface area contributed by atoms with E-state index in [2.05, 4.69) is 15.6 Å². The first-order chi connectivity index (χ1) is 15.1. The van der Waals surface area contributed by atoms with Crippen LogP contribution in [0, 0.1) is 15.5 Å². The molecule has 0 aliphatic heterocycles. The van der Waals surface area contributed by atoms with Crippen LogP contribution in [0.1, 0.15) is 26.3 Å². The number of aromatic nitrogens is 1. The van der Waals surface area contributed by atoms with E-state index in [-0.39, 0.29) is 17.9 Å². The first-order valence-electron chi connectivity index (χ1n) is 10.1. The van der Waals surface area contributed by atoms with E-state index in [1.807, 2.05) is 51.1 Å². The van der Waals surface area contributed by atoms with Gasteiger partial charge in [0.2, 0.25) is 0 Å². The SMILES string of the molecule is CC(C)(C)C(CNc1c([N+](=O)[O-])cnc2cc(OCc3ccccc3)ccc12)NC(=O)O. The van der Waals surface area contributed by atoms with E-state index < -0.39 is 22.5 Å². The van der Waals surface area contributed by atoms with Crippen LogP contribution in [0.25, 0.3) is 10.9 Å². The molecule has 0 spiro atoms. The van der Waals surface area contributed by atoms with Crippen molar-refractivity contribution in [1.82, 2.24) is 10.3 Å². The van der Waals surface area contributed by atoms with Crippen LogP contribution >= 0.6 is 0 Å². The second-order valence-corrected chi connectivity index (χ2v) is 8.48. The summed E-state index contributed by atoms with van der Waals surface area (Å²) < 4.78 is 5.83. The molecular formula is C23H26N4O5. The number of anilines is 1. The van der Waals surface area contributed by atoms with E-state index in [0.717, 1.165) is 5.56 Å². The fourth-order valence-electron chi connectivity index (χ4n) is 3.24. The number of fused-ring (bicyclic) bond motifs is 1. The standard InChI is InChI=1S/C23H26N4O5/c1-23(2,3)20(26-22(28)29)13-25-21-17-10-9-16(32-14-15-7-5-4-6-8-15)11-18(17)24-12-19(21)27(30)31/h4-12,20,26H,13-14H2,1-3H3,(H,24,25)(H,28,29). The monoisotopic (exact) mass is 438 g/mol. The molecule has 9 heteroatoms. The summed E-state index contributed by atoms with van der Waals surface area (Å²) in [6.45, 7) is 6.24. The van der Waals surface area contributed by atoms with Gasteiger partial charge in [0.15, 0.2) is 0 Å². The summed E-state index contributed by atoms with van der Waals surface area (Å²) in [4.78, 5) is 26.5. The van der Waals surface area contributed by atoms with Crippen molar-refractivity contribution in [3.63, 3.8) is 0 Å². The van der Waals surface area contributed by atoms with Gasteiger partial charge in [-0.05, 0) is 23.1 Å². The average molecular weight is 438 g/mol. The molecule has 0 bridgehead atoms. The van der Waals surface area contributed by atoms with E-state index in [1.54, 1.807) is 18.2 Å². The number of carboxylic acid groups (broad SMARTS) is 1. The Morgan fingerprint density at radius 3 is 2.56 bits per heavy atom. The van der Waals surface area contributed by atoms with Gasteiger partial charge in [-0.1, -0.05) is 51.1 Å². The second-order valence-electron chi connectivity index (χ2n) is 8.48. The lowest BCUT2D eigenvalue weighted by molar-refractivity contribution is -0.384. The lowest BCUT2D eigenvalue weighted by atomic mass is 9.86. The number of ether oxygens (including phenoxy) is 1. The number of nitrogens with one attached hydrogen (secondary N) is 2. The molecule has 0 aliphatic carbocycles. The Balaban J connectivity index is 1.88. The molecule has 168 valence electrons. The molecule has 0 fully saturated rings. The fourth-order valence-corrected chi connectivity index (χ4v) is 3.24. The molecule has 3 rings (SSSR count). The predicted molar refractivity (Wildman–Crippen MR) is 122 cm³/mol. The third-order valence-corrected chi connectivity index (χ3v) is 5.09. The van der Waals surface area contributed by atoms with Gasteiger partial charge in [-0.25, -0.2) is 9.78 Å². The van der Waals surface area contributed by atoms with E-state index in [4.69, 9.17) is 9.84 Å². The maximum Gasteiger partial charge on any atom is 0.404 e. The zero-order valence-electron chi connectivity index (χ0n) is 18.2. The third-order valence-electron chi connectivity index (χ3n) is 5.09. The van der Waals surface area contributed by atoms with E-state index >= 15 is 0 Å². The molecule has 1 aromatic heterocycles. The molecule has 0 saturated heterocycles. The lowest BCUT2D eigenvalue weighted by Crippen LogP contribution is -2.47. The number of hydrogen-bond acceptors (Lipinski definition) is 6. The van der Waals surface area contributed by atoms with Crippen molar-refractivity contribution in [3.8, 4) is 5.75 Å². The van der Waals surface area contributed by atoms with Crippen molar-refractivity contribution in [2.75, 3.05) is 11.9 Å². The first kappa shape index (κ1) is 22.8. The van der Waals surface area contributed by atoms with Gasteiger partial charge in [-0.3, -0.25) is 10.1 Å². The van der Waals surface area contributed by atoms with Crippen LogP contribution in [0.5, 0.6) is 5.75 Å². The highest BCUT2D eigenvalue weighted by Crippen LogP contribution is 2.34. The van der Waals surface area contributed by atoms with Crippen LogP contribution in [0.4, 0.5) is 16.2 Å². The van der Waals surface area contributed by atoms with Gasteiger partial charge in [0.25, 0.3) is 0 Å². The van der Waals surface area contributed by atoms with Gasteiger partial charge >= 0.3 is 11.8 Å². The number of carbonyl (C=O) groups is 1. The van der Waals surface area contributed by atoms with Crippen LogP contribution in [0.2, 0.25) is 0 Å². The number of rotatable bonds is 8. The Morgan fingerprint density at radius 1 is 1.22 bits per heavy atom. The van der Waals surface area contributed by atoms with Gasteiger partial charge in [0.1, 0.15) is 24.2 Å². The molecular weight excluding hydrogens is 412 g/mol. The highest BCUT2D eigenvalue weighted by Gasteiger charge is 2.27. The molecule has 1 unspecified atom stereocenters. The van der Waals surface area contributed by atoms with E-state index in [1.165, 1.54) is 6.20 Å². The molecule has 0 radical (unpaired) electrons. The molecule has 9 nitrogen and oxygen atoms in total. The molecule has 1 atom stereocenters. The van der Waals surface area contributed by atoms with Crippen LogP contribution in [-0.4, -0.2) is 33.7 Å². The largest absolute Gasteiger partial charge is 0.489 e. The van der Waals surface area contributed by atoms with E-state index in [0.29, 0.717) is 23.3 Å². The van der Waals surface area contributed by atoms with Crippen molar-refractivity contribution >= 4 is 28.4 Å². The number of nitrogens with zero attached hydrogens (tertiary/aromatic N) is 2. The Hall–Kier alpha value is -3.88. The van der Waals surface area contributed by atoms with Gasteiger partial charge in [-0.15, -0.1) is 0 Å². The zero-order chi connectivity index (χ0) is 23.3. The van der Waals surface area contributed by atoms with Crippen LogP contribution < -0.4 is 15.4 Å². The number of nitro groups is 1. The van der Waals surface area contributed by atoms with Crippen LogP contribution in [0.3, 0.4) is 0 Å². The highest BCUT2D eigenvalue weighted by molar-refractivity contribution is 5.96. The van der Waals surface area contributed by atoms with Crippen LogP contribution in [-0.2, 0) is 6.61 Å². The minimum Gasteiger partial charge on any atom is -0.489 e. The summed E-state index contributed by atoms with van der Waals surface area (Å²) >= 11 is 0. The zero-order valence-corrected chi connectivity index (χ0v) is 18.2. The fraction of sp³-hybridized carbons (Fsp3) is 0.304. The number of hydrogen-bond donors (Lipinski definition) is 3. The predicted octanol–water partition coefficient (Wildman–Crippen LogP) is 4.82. The van der Waals surface area contributed by atoms with Crippen molar-refractivity contribution in [3.05, 3.63) is 70.4 Å². The van der Waals surface area contributed by atoms with E-state index in [9.17, 15) is 14.9 Å². The molecule has 0 aliphatic rings. The quantitative estimate of drug-likeness (QED) is 0.340. The molecule has 3 aromatic rings. The van der Waals surface area contributed by atoms with Gasteiger partial charge in [-0.2, -0.15) is 0 Å². The second kappa shape index (κ2) is 9.51. The summed E-state index contributed by atoms with van der Waals surface area (Å²) in [6.07, 6.45) is 0.0450. The Kier molecular flexibility index (Phi) is 6.77. The number of benzene rings is 2. The minimum absolute atomic E-state index is 0.169. The van der Waals surface area contributed by atoms with Gasteiger partial charge < -0.3 is 20.5 Å². The maximum absolute atomic E-state index is 11.6. The first-order valence-corrected chi connectivity index (χ1v) is 10.1. The summed E-state index contributed by atoms with van der Waals surface area (Å²) in [5.41, 5.74) is 1.25. The Bertz CT molecular complexity index is 1110. The Morgan fingerprint density at radius 2 is 1.94 bits per heavy atom. The maximum atomic E-state index is 11.6. The summed E-state index contributed by atoms with van der Waals surface area (Å²) in [7, 11) is 0. The topological polar surface area (TPSA) is 127 Å². The van der Waals surface area contributed by atoms with Crippen molar-refractivity contribution in [2.45, 2.75) is 33.4 Å².